The smallest absolute Gasteiger partial charge is 0.260 e. The molecule has 0 bridgehead atoms. The fourth-order valence-corrected chi connectivity index (χ4v) is 5.45. The van der Waals surface area contributed by atoms with E-state index in [0.717, 1.165) is 73.6 Å². The van der Waals surface area contributed by atoms with E-state index in [9.17, 15) is 9.59 Å². The molecule has 0 unspecified atom stereocenters. The van der Waals surface area contributed by atoms with Crippen LogP contribution in [0.4, 0.5) is 5.69 Å². The number of carbonyl (C=O) groups is 2. The Morgan fingerprint density at radius 3 is 2.48 bits per heavy atom. The van der Waals surface area contributed by atoms with E-state index >= 15 is 0 Å². The van der Waals surface area contributed by atoms with Crippen LogP contribution >= 0.6 is 0 Å². The number of hydrogen-bond acceptors (Lipinski definition) is 5. The Morgan fingerprint density at radius 1 is 1.00 bits per heavy atom. The van der Waals surface area contributed by atoms with Gasteiger partial charge in [0.15, 0.2) is 6.61 Å². The highest BCUT2D eigenvalue weighted by Gasteiger charge is 2.27. The zero-order chi connectivity index (χ0) is 28.4. The minimum absolute atomic E-state index is 0.000587. The summed E-state index contributed by atoms with van der Waals surface area (Å²) in [7, 11) is 1.94. The van der Waals surface area contributed by atoms with Gasteiger partial charge >= 0.3 is 0 Å². The lowest BCUT2D eigenvalue weighted by atomic mass is 9.92. The third-order valence-corrected chi connectivity index (χ3v) is 8.04. The summed E-state index contributed by atoms with van der Waals surface area (Å²) in [5, 5.41) is 4.42. The molecule has 0 radical (unpaired) electrons. The van der Waals surface area contributed by atoms with Crippen molar-refractivity contribution in [3.8, 4) is 5.75 Å². The second-order valence-electron chi connectivity index (χ2n) is 12.2. The van der Waals surface area contributed by atoms with Crippen molar-refractivity contribution in [2.75, 3.05) is 44.2 Å². The SMILES string of the molecule is Cc1cc(C(=O)N2Cc3cnn(C)c3Cc3ccccc32)ccc1OCC(=O)N1CCN(CCC(C)(C)C)CC1. The van der Waals surface area contributed by atoms with Crippen LogP contribution in [-0.4, -0.2) is 70.7 Å². The van der Waals surface area contributed by atoms with Crippen molar-refractivity contribution in [1.29, 1.82) is 0 Å². The van der Waals surface area contributed by atoms with Gasteiger partial charge in [-0.25, -0.2) is 0 Å². The van der Waals surface area contributed by atoms with Gasteiger partial charge in [-0.1, -0.05) is 39.0 Å². The number of aryl methyl sites for hydroxylation is 2. The molecule has 5 rings (SSSR count). The molecule has 8 heteroatoms. The van der Waals surface area contributed by atoms with Gasteiger partial charge in [0.2, 0.25) is 0 Å². The summed E-state index contributed by atoms with van der Waals surface area (Å²) in [6, 6.07) is 13.5. The molecule has 8 nitrogen and oxygen atoms in total. The first kappa shape index (κ1) is 27.9. The molecule has 0 aliphatic carbocycles. The van der Waals surface area contributed by atoms with Crippen LogP contribution in [0.15, 0.2) is 48.7 Å². The van der Waals surface area contributed by atoms with E-state index in [2.05, 4.69) is 36.8 Å². The van der Waals surface area contributed by atoms with E-state index < -0.39 is 0 Å². The molecule has 1 aromatic heterocycles. The average Bonchev–Trinajstić information content (AvgIpc) is 3.18. The van der Waals surface area contributed by atoms with Gasteiger partial charge in [0.05, 0.1) is 12.7 Å². The van der Waals surface area contributed by atoms with E-state index in [1.807, 2.05) is 58.9 Å². The molecule has 2 amide bonds. The van der Waals surface area contributed by atoms with Crippen molar-refractivity contribution in [2.45, 2.75) is 47.1 Å². The lowest BCUT2D eigenvalue weighted by molar-refractivity contribution is -0.135. The van der Waals surface area contributed by atoms with E-state index in [0.29, 0.717) is 23.3 Å². The van der Waals surface area contributed by atoms with Crippen molar-refractivity contribution < 1.29 is 14.3 Å². The second kappa shape index (κ2) is 11.5. The number of hydrogen-bond donors (Lipinski definition) is 0. The molecule has 2 aliphatic heterocycles. The Hall–Kier alpha value is -3.65. The maximum absolute atomic E-state index is 13.8. The molecule has 0 atom stereocenters. The number of piperazine rings is 1. The first-order valence-corrected chi connectivity index (χ1v) is 14.2. The lowest BCUT2D eigenvalue weighted by Gasteiger charge is -2.35. The number of ether oxygens (including phenoxy) is 1. The summed E-state index contributed by atoms with van der Waals surface area (Å²) in [5.74, 6) is 0.558. The van der Waals surface area contributed by atoms with Crippen LogP contribution in [-0.2, 0) is 24.8 Å². The van der Waals surface area contributed by atoms with E-state index in [4.69, 9.17) is 4.74 Å². The second-order valence-corrected chi connectivity index (χ2v) is 12.2. The Balaban J connectivity index is 1.21. The summed E-state index contributed by atoms with van der Waals surface area (Å²) in [5.41, 5.74) is 5.94. The van der Waals surface area contributed by atoms with Gasteiger partial charge in [0.1, 0.15) is 5.75 Å². The molecule has 3 heterocycles. The van der Waals surface area contributed by atoms with Crippen LogP contribution < -0.4 is 9.64 Å². The van der Waals surface area contributed by atoms with Crippen LogP contribution in [0, 0.1) is 12.3 Å². The molecular formula is C32H41N5O3. The molecule has 0 N–H and O–H groups in total. The number of nitrogens with zero attached hydrogens (tertiary/aromatic N) is 5. The Morgan fingerprint density at radius 2 is 1.75 bits per heavy atom. The molecule has 0 spiro atoms. The molecular weight excluding hydrogens is 502 g/mol. The van der Waals surface area contributed by atoms with E-state index in [1.54, 1.807) is 12.1 Å². The van der Waals surface area contributed by atoms with Crippen LogP contribution in [0.3, 0.4) is 0 Å². The zero-order valence-corrected chi connectivity index (χ0v) is 24.4. The van der Waals surface area contributed by atoms with E-state index in [1.165, 1.54) is 0 Å². The summed E-state index contributed by atoms with van der Waals surface area (Å²) in [6.07, 6.45) is 3.74. The van der Waals surface area contributed by atoms with Crippen molar-refractivity contribution in [2.24, 2.45) is 12.5 Å². The molecule has 0 saturated carbocycles. The standard InChI is InChI=1S/C32H41N5O3/c1-23-18-25(31(39)37-21-26-20-33-34(5)28(26)19-24-8-6-7-9-27(24)37)10-11-29(23)40-22-30(38)36-16-14-35(15-17-36)13-12-32(2,3)4/h6-11,18,20H,12-17,19,21-22H2,1-5H3. The van der Waals surface area contributed by atoms with Crippen molar-refractivity contribution in [3.63, 3.8) is 0 Å². The summed E-state index contributed by atoms with van der Waals surface area (Å²) in [4.78, 5) is 32.8. The van der Waals surface area contributed by atoms with E-state index in [-0.39, 0.29) is 18.4 Å². The largest absolute Gasteiger partial charge is 0.483 e. The van der Waals surface area contributed by atoms with Crippen LogP contribution in [0.25, 0.3) is 0 Å². The summed E-state index contributed by atoms with van der Waals surface area (Å²) >= 11 is 0. The third kappa shape index (κ3) is 6.22. The zero-order valence-electron chi connectivity index (χ0n) is 24.4. The van der Waals surface area contributed by atoms with Gasteiger partial charge in [-0.3, -0.25) is 19.2 Å². The third-order valence-electron chi connectivity index (χ3n) is 8.04. The predicted octanol–water partition coefficient (Wildman–Crippen LogP) is 4.44. The fourth-order valence-electron chi connectivity index (χ4n) is 5.45. The monoisotopic (exact) mass is 543 g/mol. The molecule has 2 aromatic carbocycles. The number of benzene rings is 2. The maximum Gasteiger partial charge on any atom is 0.260 e. The molecule has 40 heavy (non-hydrogen) atoms. The van der Waals surface area contributed by atoms with Gasteiger partial charge in [-0.05, 0) is 60.7 Å². The summed E-state index contributed by atoms with van der Waals surface area (Å²) < 4.78 is 7.83. The van der Waals surface area contributed by atoms with Gasteiger partial charge in [-0.2, -0.15) is 5.10 Å². The number of para-hydroxylation sites is 1. The first-order chi connectivity index (χ1) is 19.1. The topological polar surface area (TPSA) is 70.9 Å². The molecule has 2 aliphatic rings. The maximum atomic E-state index is 13.8. The van der Waals surface area contributed by atoms with Gasteiger partial charge in [0, 0.05) is 62.2 Å². The number of aromatic nitrogens is 2. The quantitative estimate of drug-likeness (QED) is 0.460. The number of anilines is 1. The molecule has 1 fully saturated rings. The Bertz CT molecular complexity index is 1380. The molecule has 1 saturated heterocycles. The number of fused-ring (bicyclic) bond motifs is 2. The highest BCUT2D eigenvalue weighted by molar-refractivity contribution is 6.06. The minimum atomic E-state index is -0.0702. The Kier molecular flexibility index (Phi) is 7.99. The van der Waals surface area contributed by atoms with Crippen LogP contribution in [0.2, 0.25) is 0 Å². The highest BCUT2D eigenvalue weighted by Crippen LogP contribution is 2.32. The van der Waals surface area contributed by atoms with Gasteiger partial charge in [-0.15, -0.1) is 0 Å². The normalized spacial score (nSPS) is 15.8. The first-order valence-electron chi connectivity index (χ1n) is 14.2. The van der Waals surface area contributed by atoms with Crippen LogP contribution in [0.5, 0.6) is 5.75 Å². The van der Waals surface area contributed by atoms with Crippen molar-refractivity contribution in [1.82, 2.24) is 19.6 Å². The van der Waals surface area contributed by atoms with Crippen LogP contribution in [0.1, 0.15) is 59.9 Å². The summed E-state index contributed by atoms with van der Waals surface area (Å²) in [6.45, 7) is 13.5. The number of rotatable bonds is 6. The minimum Gasteiger partial charge on any atom is -0.483 e. The highest BCUT2D eigenvalue weighted by atomic mass is 16.5. The fraction of sp³-hybridized carbons (Fsp3) is 0.469. The van der Waals surface area contributed by atoms with Crippen molar-refractivity contribution >= 4 is 17.5 Å². The molecule has 212 valence electrons. The Labute approximate surface area is 237 Å². The van der Waals surface area contributed by atoms with Gasteiger partial charge < -0.3 is 14.5 Å². The average molecular weight is 544 g/mol. The predicted molar refractivity (Wildman–Crippen MR) is 157 cm³/mol. The lowest BCUT2D eigenvalue weighted by Crippen LogP contribution is -2.50. The van der Waals surface area contributed by atoms with Crippen molar-refractivity contribution in [3.05, 3.63) is 76.6 Å². The number of amides is 2. The number of carbonyl (C=O) groups excluding carboxylic acids is 2. The van der Waals surface area contributed by atoms with Gasteiger partial charge in [0.25, 0.3) is 11.8 Å². The molecule has 3 aromatic rings.